The number of benzene rings is 1. The van der Waals surface area contributed by atoms with Gasteiger partial charge in [-0.05, 0) is 43.0 Å². The fourth-order valence-electron chi connectivity index (χ4n) is 3.22. The zero-order valence-corrected chi connectivity index (χ0v) is 13.4. The number of fused-ring (bicyclic) bond motifs is 1. The highest BCUT2D eigenvalue weighted by Crippen LogP contribution is 2.44. The van der Waals surface area contributed by atoms with E-state index in [9.17, 15) is 14.3 Å². The van der Waals surface area contributed by atoms with Crippen molar-refractivity contribution in [3.8, 4) is 0 Å². The van der Waals surface area contributed by atoms with Gasteiger partial charge in [-0.3, -0.25) is 4.79 Å². The van der Waals surface area contributed by atoms with Gasteiger partial charge in [0.25, 0.3) is 5.91 Å². The number of aliphatic hydroxyl groups is 1. The molecule has 1 amide bonds. The van der Waals surface area contributed by atoms with Crippen molar-refractivity contribution >= 4 is 11.6 Å². The van der Waals surface area contributed by atoms with Crippen molar-refractivity contribution in [2.24, 2.45) is 5.41 Å². The zero-order chi connectivity index (χ0) is 16.8. The van der Waals surface area contributed by atoms with Gasteiger partial charge in [0.05, 0.1) is 6.10 Å². The number of aliphatic hydroxyl groups excluding tert-OH is 1. The molecule has 1 heterocycles. The molecule has 0 saturated heterocycles. The Bertz CT molecular complexity index is 746. The Kier molecular flexibility index (Phi) is 3.76. The van der Waals surface area contributed by atoms with Gasteiger partial charge in [-0.2, -0.15) is 0 Å². The highest BCUT2D eigenvalue weighted by molar-refractivity contribution is 6.03. The molecule has 3 rings (SSSR count). The van der Waals surface area contributed by atoms with Crippen LogP contribution in [0.15, 0.2) is 28.7 Å². The fourth-order valence-corrected chi connectivity index (χ4v) is 3.22. The summed E-state index contributed by atoms with van der Waals surface area (Å²) in [7, 11) is 0. The van der Waals surface area contributed by atoms with Crippen molar-refractivity contribution in [1.82, 2.24) is 0 Å². The van der Waals surface area contributed by atoms with Crippen molar-refractivity contribution in [3.63, 3.8) is 0 Å². The number of rotatable bonds is 2. The van der Waals surface area contributed by atoms with Crippen LogP contribution in [-0.2, 0) is 6.42 Å². The Balaban J connectivity index is 1.89. The van der Waals surface area contributed by atoms with Gasteiger partial charge in [-0.25, -0.2) is 4.39 Å². The van der Waals surface area contributed by atoms with Crippen LogP contribution in [-0.4, -0.2) is 11.0 Å². The Hall–Kier alpha value is -2.14. The van der Waals surface area contributed by atoms with E-state index >= 15 is 0 Å². The first-order valence-electron chi connectivity index (χ1n) is 7.64. The van der Waals surface area contributed by atoms with Gasteiger partial charge >= 0.3 is 0 Å². The molecule has 1 aromatic heterocycles. The van der Waals surface area contributed by atoms with Gasteiger partial charge in [-0.1, -0.05) is 13.8 Å². The quantitative estimate of drug-likeness (QED) is 0.880. The number of nitrogens with one attached hydrogen (secondary N) is 1. The van der Waals surface area contributed by atoms with Crippen molar-refractivity contribution in [3.05, 3.63) is 52.7 Å². The third-order valence-corrected chi connectivity index (χ3v) is 4.30. The average molecular weight is 317 g/mol. The van der Waals surface area contributed by atoms with E-state index in [1.807, 2.05) is 0 Å². The minimum absolute atomic E-state index is 0.0680. The minimum atomic E-state index is -0.620. The van der Waals surface area contributed by atoms with Crippen LogP contribution in [0.2, 0.25) is 0 Å². The largest absolute Gasteiger partial charge is 0.455 e. The van der Waals surface area contributed by atoms with Crippen molar-refractivity contribution in [2.75, 3.05) is 5.32 Å². The van der Waals surface area contributed by atoms with Crippen LogP contribution in [0.25, 0.3) is 0 Å². The van der Waals surface area contributed by atoms with Crippen molar-refractivity contribution in [2.45, 2.75) is 39.7 Å². The summed E-state index contributed by atoms with van der Waals surface area (Å²) in [4.78, 5) is 12.4. The third-order valence-electron chi connectivity index (χ3n) is 4.30. The van der Waals surface area contributed by atoms with Crippen LogP contribution in [0.3, 0.4) is 0 Å². The van der Waals surface area contributed by atoms with E-state index in [-0.39, 0.29) is 17.0 Å². The predicted molar refractivity (Wildman–Crippen MR) is 84.9 cm³/mol. The van der Waals surface area contributed by atoms with Gasteiger partial charge in [0.2, 0.25) is 0 Å². The second-order valence-corrected chi connectivity index (χ2v) is 6.91. The minimum Gasteiger partial charge on any atom is -0.455 e. The summed E-state index contributed by atoms with van der Waals surface area (Å²) in [5, 5.41) is 13.0. The van der Waals surface area contributed by atoms with E-state index in [2.05, 4.69) is 19.2 Å². The van der Waals surface area contributed by atoms with E-state index in [4.69, 9.17) is 4.42 Å². The highest BCUT2D eigenvalue weighted by atomic mass is 19.1. The normalized spacial score (nSPS) is 19.3. The molecule has 0 radical (unpaired) electrons. The molecule has 1 atom stereocenters. The van der Waals surface area contributed by atoms with E-state index in [1.54, 1.807) is 6.92 Å². The molecule has 23 heavy (non-hydrogen) atoms. The van der Waals surface area contributed by atoms with Gasteiger partial charge < -0.3 is 14.8 Å². The van der Waals surface area contributed by atoms with Crippen LogP contribution in [0.1, 0.15) is 53.8 Å². The first kappa shape index (κ1) is 15.7. The molecule has 0 aliphatic heterocycles. The van der Waals surface area contributed by atoms with Gasteiger partial charge in [0, 0.05) is 23.2 Å². The lowest BCUT2D eigenvalue weighted by molar-refractivity contribution is 0.0910. The first-order chi connectivity index (χ1) is 10.8. The lowest BCUT2D eigenvalue weighted by atomic mass is 9.75. The third kappa shape index (κ3) is 3.01. The zero-order valence-electron chi connectivity index (χ0n) is 13.4. The molecule has 0 unspecified atom stereocenters. The number of anilines is 1. The molecule has 1 aliphatic rings. The molecular weight excluding hydrogens is 297 g/mol. The van der Waals surface area contributed by atoms with Crippen LogP contribution >= 0.6 is 0 Å². The van der Waals surface area contributed by atoms with E-state index in [0.717, 1.165) is 5.56 Å². The lowest BCUT2D eigenvalue weighted by Crippen LogP contribution is -2.24. The highest BCUT2D eigenvalue weighted by Gasteiger charge is 2.37. The van der Waals surface area contributed by atoms with E-state index in [1.165, 1.54) is 24.3 Å². The summed E-state index contributed by atoms with van der Waals surface area (Å²) in [6.07, 6.45) is 0.702. The molecule has 5 heteroatoms. The summed E-state index contributed by atoms with van der Waals surface area (Å²) in [5.41, 5.74) is 1.82. The second kappa shape index (κ2) is 5.49. The average Bonchev–Trinajstić information content (AvgIpc) is 2.77. The van der Waals surface area contributed by atoms with Crippen molar-refractivity contribution in [1.29, 1.82) is 0 Å². The molecule has 0 fully saturated rings. The molecule has 4 nitrogen and oxygen atoms in total. The lowest BCUT2D eigenvalue weighted by Gasteiger charge is -2.31. The van der Waals surface area contributed by atoms with E-state index in [0.29, 0.717) is 29.9 Å². The number of hydrogen-bond acceptors (Lipinski definition) is 3. The van der Waals surface area contributed by atoms with Crippen LogP contribution in [0.5, 0.6) is 0 Å². The van der Waals surface area contributed by atoms with Crippen LogP contribution < -0.4 is 5.32 Å². The standard InChI is InChI=1S/C18H20FNO3/c1-10-15-13(21)8-18(2,3)9-14(15)23-16(10)17(22)20-12-6-4-11(19)5-7-12/h4-7,13,21H,8-9H2,1-3H3,(H,20,22)/t13-/m1/s1. The van der Waals surface area contributed by atoms with Crippen molar-refractivity contribution < 1.29 is 18.7 Å². The topological polar surface area (TPSA) is 62.5 Å². The molecular formula is C18H20FNO3. The number of amides is 1. The summed E-state index contributed by atoms with van der Waals surface area (Å²) < 4.78 is 18.7. The number of carbonyl (C=O) groups is 1. The maximum Gasteiger partial charge on any atom is 0.291 e. The Morgan fingerprint density at radius 2 is 2.00 bits per heavy atom. The first-order valence-corrected chi connectivity index (χ1v) is 7.64. The Labute approximate surface area is 134 Å². The van der Waals surface area contributed by atoms with E-state index < -0.39 is 12.0 Å². The number of furan rings is 1. The van der Waals surface area contributed by atoms with Gasteiger partial charge in [-0.15, -0.1) is 0 Å². The summed E-state index contributed by atoms with van der Waals surface area (Å²) in [6, 6.07) is 5.54. The predicted octanol–water partition coefficient (Wildman–Crippen LogP) is 3.99. The maximum absolute atomic E-state index is 12.9. The molecule has 0 bridgehead atoms. The summed E-state index contributed by atoms with van der Waals surface area (Å²) in [5.74, 6) is 0.123. The second-order valence-electron chi connectivity index (χ2n) is 6.91. The molecule has 0 saturated carbocycles. The smallest absolute Gasteiger partial charge is 0.291 e. The molecule has 1 aliphatic carbocycles. The van der Waals surface area contributed by atoms with Crippen LogP contribution in [0.4, 0.5) is 10.1 Å². The molecule has 122 valence electrons. The summed E-state index contributed by atoms with van der Waals surface area (Å²) >= 11 is 0. The van der Waals surface area contributed by atoms with Gasteiger partial charge in [0.15, 0.2) is 5.76 Å². The number of halogens is 1. The summed E-state index contributed by atoms with van der Waals surface area (Å²) in [6.45, 7) is 5.91. The number of hydrogen-bond donors (Lipinski definition) is 2. The monoisotopic (exact) mass is 317 g/mol. The molecule has 0 spiro atoms. The van der Waals surface area contributed by atoms with Gasteiger partial charge in [0.1, 0.15) is 11.6 Å². The molecule has 2 aromatic rings. The maximum atomic E-state index is 12.9. The molecule has 1 aromatic carbocycles. The Morgan fingerprint density at radius 1 is 1.35 bits per heavy atom. The fraction of sp³-hybridized carbons (Fsp3) is 0.389. The molecule has 2 N–H and O–H groups in total. The van der Waals surface area contributed by atoms with Crippen LogP contribution in [0, 0.1) is 18.2 Å². The number of carbonyl (C=O) groups excluding carboxylic acids is 1. The Morgan fingerprint density at radius 3 is 2.65 bits per heavy atom. The SMILES string of the molecule is Cc1c(C(=O)Nc2ccc(F)cc2)oc2c1[C@H](O)CC(C)(C)C2.